The zero-order chi connectivity index (χ0) is 14.2. The van der Waals surface area contributed by atoms with Gasteiger partial charge in [0.05, 0.1) is 0 Å². The van der Waals surface area contributed by atoms with Crippen molar-refractivity contribution in [3.05, 3.63) is 65.5 Å². The first-order chi connectivity index (χ1) is 9.81. The molecule has 0 atom stereocenters. The molecule has 0 aliphatic rings. The zero-order valence-electron chi connectivity index (χ0n) is 11.3. The minimum absolute atomic E-state index is 0.159. The second kappa shape index (κ2) is 7.32. The van der Waals surface area contributed by atoms with Gasteiger partial charge in [-0.15, -0.1) is 0 Å². The lowest BCUT2D eigenvalue weighted by Crippen LogP contribution is -2.08. The van der Waals surface area contributed by atoms with E-state index in [0.717, 1.165) is 11.1 Å². The number of hydrogen-bond donors (Lipinski definition) is 1. The van der Waals surface area contributed by atoms with Crippen LogP contribution in [0.2, 0.25) is 0 Å². The summed E-state index contributed by atoms with van der Waals surface area (Å²) in [5, 5.41) is 2.99. The lowest BCUT2D eigenvalue weighted by molar-refractivity contribution is 0.343. The lowest BCUT2D eigenvalue weighted by Gasteiger charge is -2.09. The van der Waals surface area contributed by atoms with Crippen LogP contribution in [0.5, 0.6) is 5.75 Å². The summed E-state index contributed by atoms with van der Waals surface area (Å²) in [7, 11) is 1.81. The molecule has 2 aromatic rings. The Kier molecular flexibility index (Phi) is 5.16. The summed E-state index contributed by atoms with van der Waals surface area (Å²) in [6, 6.07) is 14.5. The topological polar surface area (TPSA) is 21.3 Å². The predicted molar refractivity (Wildman–Crippen MR) is 78.0 cm³/mol. The summed E-state index contributed by atoms with van der Waals surface area (Å²) < 4.78 is 19.2. The molecule has 0 fully saturated rings. The molecule has 20 heavy (non-hydrogen) atoms. The maximum Gasteiger partial charge on any atom is 0.165 e. The van der Waals surface area contributed by atoms with E-state index < -0.39 is 0 Å². The van der Waals surface area contributed by atoms with E-state index in [1.165, 1.54) is 6.07 Å². The van der Waals surface area contributed by atoms with Crippen LogP contribution in [-0.4, -0.2) is 13.7 Å². The summed E-state index contributed by atoms with van der Waals surface area (Å²) in [5.41, 5.74) is 1.70. The van der Waals surface area contributed by atoms with Gasteiger partial charge in [0.25, 0.3) is 0 Å². The van der Waals surface area contributed by atoms with Crippen molar-refractivity contribution in [3.63, 3.8) is 0 Å². The predicted octanol–water partition coefficient (Wildman–Crippen LogP) is 2.98. The van der Waals surface area contributed by atoms with Crippen molar-refractivity contribution in [2.24, 2.45) is 0 Å². The Hall–Kier alpha value is -2.31. The number of hydrogen-bond acceptors (Lipinski definition) is 2. The summed E-state index contributed by atoms with van der Waals surface area (Å²) in [6.45, 7) is 0.714. The standard InChI is InChI=1S/C17H16FNO/c1-19-13-15-10-5-11-16(18)17(15)20-12-6-9-14-7-3-2-4-8-14/h2-5,7-8,10-11,19H,12-13H2,1H3. The van der Waals surface area contributed by atoms with E-state index in [2.05, 4.69) is 17.2 Å². The highest BCUT2D eigenvalue weighted by molar-refractivity contribution is 5.36. The van der Waals surface area contributed by atoms with Crippen LogP contribution >= 0.6 is 0 Å². The van der Waals surface area contributed by atoms with Gasteiger partial charge in [0.2, 0.25) is 0 Å². The maximum atomic E-state index is 13.7. The smallest absolute Gasteiger partial charge is 0.165 e. The molecule has 2 rings (SSSR count). The Morgan fingerprint density at radius 1 is 1.10 bits per heavy atom. The second-order valence-corrected chi connectivity index (χ2v) is 4.21. The largest absolute Gasteiger partial charge is 0.478 e. The van der Waals surface area contributed by atoms with Crippen molar-refractivity contribution in [1.29, 1.82) is 0 Å². The fourth-order valence-electron chi connectivity index (χ4n) is 1.81. The molecule has 3 heteroatoms. The molecule has 0 amide bonds. The highest BCUT2D eigenvalue weighted by Crippen LogP contribution is 2.22. The molecule has 2 aromatic carbocycles. The minimum Gasteiger partial charge on any atom is -0.478 e. The molecule has 0 saturated carbocycles. The summed E-state index contributed by atoms with van der Waals surface area (Å²) >= 11 is 0. The van der Waals surface area contributed by atoms with Gasteiger partial charge in [-0.3, -0.25) is 0 Å². The molecule has 0 unspecified atom stereocenters. The first-order valence-corrected chi connectivity index (χ1v) is 6.40. The Balaban J connectivity index is 2.03. The SMILES string of the molecule is CNCc1cccc(F)c1OCC#Cc1ccccc1. The van der Waals surface area contributed by atoms with Gasteiger partial charge in [-0.05, 0) is 25.2 Å². The van der Waals surface area contributed by atoms with Crippen molar-refractivity contribution < 1.29 is 9.13 Å². The van der Waals surface area contributed by atoms with Crippen LogP contribution in [0.4, 0.5) is 4.39 Å². The van der Waals surface area contributed by atoms with Crippen molar-refractivity contribution in [1.82, 2.24) is 5.32 Å². The van der Waals surface area contributed by atoms with Crippen LogP contribution in [0, 0.1) is 17.7 Å². The molecule has 0 saturated heterocycles. The van der Waals surface area contributed by atoms with Crippen molar-refractivity contribution in [2.75, 3.05) is 13.7 Å². The van der Waals surface area contributed by atoms with Gasteiger partial charge >= 0.3 is 0 Å². The Labute approximate surface area is 118 Å². The first-order valence-electron chi connectivity index (χ1n) is 6.40. The molecule has 1 N–H and O–H groups in total. The molecule has 0 bridgehead atoms. The summed E-state index contributed by atoms with van der Waals surface area (Å²) in [5.74, 6) is 5.77. The van der Waals surface area contributed by atoms with Crippen LogP contribution < -0.4 is 10.1 Å². The number of halogens is 1. The van der Waals surface area contributed by atoms with Crippen LogP contribution in [0.25, 0.3) is 0 Å². The van der Waals surface area contributed by atoms with E-state index in [9.17, 15) is 4.39 Å². The normalized spacial score (nSPS) is 9.70. The monoisotopic (exact) mass is 269 g/mol. The third kappa shape index (κ3) is 3.84. The highest BCUT2D eigenvalue weighted by atomic mass is 19.1. The molecular formula is C17H16FNO. The number of benzene rings is 2. The van der Waals surface area contributed by atoms with E-state index >= 15 is 0 Å². The second-order valence-electron chi connectivity index (χ2n) is 4.21. The molecule has 102 valence electrons. The average molecular weight is 269 g/mol. The van der Waals surface area contributed by atoms with E-state index in [-0.39, 0.29) is 18.2 Å². The average Bonchev–Trinajstić information content (AvgIpc) is 2.47. The third-order valence-corrected chi connectivity index (χ3v) is 2.71. The minimum atomic E-state index is -0.362. The van der Waals surface area contributed by atoms with Gasteiger partial charge < -0.3 is 10.1 Å². The molecule has 0 aromatic heterocycles. The van der Waals surface area contributed by atoms with E-state index in [0.29, 0.717) is 6.54 Å². The molecule has 0 heterocycles. The summed E-state index contributed by atoms with van der Waals surface area (Å²) in [6.07, 6.45) is 0. The maximum absolute atomic E-state index is 13.7. The number of rotatable bonds is 4. The van der Waals surface area contributed by atoms with E-state index in [1.54, 1.807) is 6.07 Å². The highest BCUT2D eigenvalue weighted by Gasteiger charge is 2.08. The molecule has 0 aliphatic carbocycles. The number of para-hydroxylation sites is 1. The van der Waals surface area contributed by atoms with Gasteiger partial charge in [-0.2, -0.15) is 0 Å². The molecular weight excluding hydrogens is 253 g/mol. The van der Waals surface area contributed by atoms with Crippen LogP contribution in [0.15, 0.2) is 48.5 Å². The quantitative estimate of drug-likeness (QED) is 0.862. The van der Waals surface area contributed by atoms with Crippen molar-refractivity contribution >= 4 is 0 Å². The first kappa shape index (κ1) is 14.1. The van der Waals surface area contributed by atoms with Gasteiger partial charge in [-0.25, -0.2) is 4.39 Å². The fourth-order valence-corrected chi connectivity index (χ4v) is 1.81. The number of nitrogens with one attached hydrogen (secondary N) is 1. The van der Waals surface area contributed by atoms with Crippen LogP contribution in [-0.2, 0) is 6.54 Å². The fraction of sp³-hybridized carbons (Fsp3) is 0.176. The van der Waals surface area contributed by atoms with Gasteiger partial charge in [0.1, 0.15) is 6.61 Å². The van der Waals surface area contributed by atoms with E-state index in [1.807, 2.05) is 43.4 Å². The zero-order valence-corrected chi connectivity index (χ0v) is 11.3. The van der Waals surface area contributed by atoms with Crippen molar-refractivity contribution in [3.8, 4) is 17.6 Å². The lowest BCUT2D eigenvalue weighted by atomic mass is 10.2. The molecule has 2 nitrogen and oxygen atoms in total. The molecule has 0 radical (unpaired) electrons. The third-order valence-electron chi connectivity index (χ3n) is 2.71. The van der Waals surface area contributed by atoms with Gasteiger partial charge in [-0.1, -0.05) is 42.2 Å². The summed E-state index contributed by atoms with van der Waals surface area (Å²) in [4.78, 5) is 0. The Morgan fingerprint density at radius 3 is 2.65 bits per heavy atom. The molecule has 0 aliphatic heterocycles. The van der Waals surface area contributed by atoms with Crippen LogP contribution in [0.1, 0.15) is 11.1 Å². The Morgan fingerprint density at radius 2 is 1.90 bits per heavy atom. The van der Waals surface area contributed by atoms with Gasteiger partial charge in [0, 0.05) is 17.7 Å². The van der Waals surface area contributed by atoms with E-state index in [4.69, 9.17) is 4.74 Å². The molecule has 0 spiro atoms. The van der Waals surface area contributed by atoms with Crippen molar-refractivity contribution in [2.45, 2.75) is 6.54 Å². The number of ether oxygens (including phenoxy) is 1. The Bertz CT molecular complexity index is 614. The van der Waals surface area contributed by atoms with Crippen LogP contribution in [0.3, 0.4) is 0 Å². The van der Waals surface area contributed by atoms with Gasteiger partial charge in [0.15, 0.2) is 11.6 Å².